The third kappa shape index (κ3) is 3.57. The van der Waals surface area contributed by atoms with Crippen LogP contribution in [0.25, 0.3) is 0 Å². The molecule has 0 aromatic carbocycles. The van der Waals surface area contributed by atoms with E-state index in [1.807, 2.05) is 0 Å². The summed E-state index contributed by atoms with van der Waals surface area (Å²) in [4.78, 5) is 0. The summed E-state index contributed by atoms with van der Waals surface area (Å²) in [6.45, 7) is 7.10. The lowest BCUT2D eigenvalue weighted by Crippen LogP contribution is -2.53. The molecule has 0 amide bonds. The minimum absolute atomic E-state index is 0.493. The van der Waals surface area contributed by atoms with E-state index in [1.54, 1.807) is 0 Å². The summed E-state index contributed by atoms with van der Waals surface area (Å²) in [6.07, 6.45) is 14.0. The van der Waals surface area contributed by atoms with Crippen molar-refractivity contribution in [3.05, 3.63) is 0 Å². The summed E-state index contributed by atoms with van der Waals surface area (Å²) in [7, 11) is 0. The van der Waals surface area contributed by atoms with E-state index < -0.39 is 0 Å². The van der Waals surface area contributed by atoms with E-state index in [0.717, 1.165) is 17.8 Å². The Bertz CT molecular complexity index is 273. The standard InChI is InChI=1S/C18H36N2/c1-4-15-7-9-16(10-8-15)17(20-19)18(13-14(2)3)11-5-6-12-18/h14-17,20H,4-13,19H2,1-3H3. The van der Waals surface area contributed by atoms with E-state index in [9.17, 15) is 0 Å². The molecule has 0 aliphatic heterocycles. The highest BCUT2D eigenvalue weighted by Gasteiger charge is 2.45. The Morgan fingerprint density at radius 1 is 1.10 bits per heavy atom. The van der Waals surface area contributed by atoms with Gasteiger partial charge >= 0.3 is 0 Å². The summed E-state index contributed by atoms with van der Waals surface area (Å²) in [5, 5.41) is 0. The first-order chi connectivity index (χ1) is 9.61. The topological polar surface area (TPSA) is 38.0 Å². The van der Waals surface area contributed by atoms with Crippen molar-refractivity contribution < 1.29 is 0 Å². The summed E-state index contributed by atoms with van der Waals surface area (Å²) in [5.41, 5.74) is 3.79. The van der Waals surface area contributed by atoms with Crippen LogP contribution in [0.3, 0.4) is 0 Å². The van der Waals surface area contributed by atoms with E-state index in [2.05, 4.69) is 26.2 Å². The number of nitrogens with two attached hydrogens (primary N) is 1. The fraction of sp³-hybridized carbons (Fsp3) is 1.00. The minimum Gasteiger partial charge on any atom is -0.271 e. The first-order valence-electron chi connectivity index (χ1n) is 9.07. The Balaban J connectivity index is 2.05. The molecular weight excluding hydrogens is 244 g/mol. The number of hydrogen-bond acceptors (Lipinski definition) is 2. The van der Waals surface area contributed by atoms with E-state index in [-0.39, 0.29) is 0 Å². The largest absolute Gasteiger partial charge is 0.271 e. The van der Waals surface area contributed by atoms with Gasteiger partial charge in [-0.15, -0.1) is 0 Å². The maximum atomic E-state index is 6.06. The molecule has 0 radical (unpaired) electrons. The van der Waals surface area contributed by atoms with E-state index in [0.29, 0.717) is 11.5 Å². The third-order valence-corrected chi connectivity index (χ3v) is 6.19. The second kappa shape index (κ2) is 7.26. The first kappa shape index (κ1) is 16.3. The minimum atomic E-state index is 0.493. The first-order valence-corrected chi connectivity index (χ1v) is 9.07. The van der Waals surface area contributed by atoms with Gasteiger partial charge in [-0.25, -0.2) is 0 Å². The van der Waals surface area contributed by atoms with Crippen LogP contribution in [-0.2, 0) is 0 Å². The van der Waals surface area contributed by atoms with Crippen LogP contribution in [0.2, 0.25) is 0 Å². The lowest BCUT2D eigenvalue weighted by molar-refractivity contribution is 0.0816. The zero-order chi connectivity index (χ0) is 14.6. The second-order valence-corrected chi connectivity index (χ2v) is 8.00. The highest BCUT2D eigenvalue weighted by atomic mass is 15.2. The van der Waals surface area contributed by atoms with Crippen molar-refractivity contribution in [1.29, 1.82) is 0 Å². The highest BCUT2D eigenvalue weighted by Crippen LogP contribution is 2.50. The molecule has 0 heterocycles. The molecule has 2 fully saturated rings. The van der Waals surface area contributed by atoms with Crippen LogP contribution in [0.4, 0.5) is 0 Å². The molecule has 118 valence electrons. The van der Waals surface area contributed by atoms with Crippen LogP contribution in [0.1, 0.15) is 85.0 Å². The van der Waals surface area contributed by atoms with Gasteiger partial charge in [0.05, 0.1) is 0 Å². The lowest BCUT2D eigenvalue weighted by atomic mass is 9.65. The predicted molar refractivity (Wildman–Crippen MR) is 87.2 cm³/mol. The van der Waals surface area contributed by atoms with Gasteiger partial charge in [-0.3, -0.25) is 11.3 Å². The number of nitrogens with one attached hydrogen (secondary N) is 1. The van der Waals surface area contributed by atoms with Crippen LogP contribution in [-0.4, -0.2) is 6.04 Å². The summed E-state index contributed by atoms with van der Waals surface area (Å²) < 4.78 is 0. The van der Waals surface area contributed by atoms with Gasteiger partial charge in [0, 0.05) is 6.04 Å². The quantitative estimate of drug-likeness (QED) is 0.549. The van der Waals surface area contributed by atoms with Gasteiger partial charge in [-0.2, -0.15) is 0 Å². The maximum absolute atomic E-state index is 6.06. The molecule has 0 bridgehead atoms. The van der Waals surface area contributed by atoms with Crippen molar-refractivity contribution in [1.82, 2.24) is 5.43 Å². The fourth-order valence-corrected chi connectivity index (χ4v) is 5.28. The average Bonchev–Trinajstić information content (AvgIpc) is 2.88. The van der Waals surface area contributed by atoms with E-state index in [4.69, 9.17) is 5.84 Å². The molecule has 2 rings (SSSR count). The van der Waals surface area contributed by atoms with Crippen molar-refractivity contribution in [2.45, 2.75) is 91.0 Å². The van der Waals surface area contributed by atoms with Gasteiger partial charge in [0.2, 0.25) is 0 Å². The van der Waals surface area contributed by atoms with Crippen molar-refractivity contribution in [2.75, 3.05) is 0 Å². The summed E-state index contributed by atoms with van der Waals surface area (Å²) in [5.74, 6) is 8.65. The zero-order valence-corrected chi connectivity index (χ0v) is 14.0. The molecule has 2 aliphatic rings. The number of hydrogen-bond donors (Lipinski definition) is 2. The third-order valence-electron chi connectivity index (χ3n) is 6.19. The van der Waals surface area contributed by atoms with Crippen LogP contribution in [0.15, 0.2) is 0 Å². The van der Waals surface area contributed by atoms with Crippen molar-refractivity contribution in [2.24, 2.45) is 29.0 Å². The van der Waals surface area contributed by atoms with Gasteiger partial charge in [-0.05, 0) is 55.3 Å². The van der Waals surface area contributed by atoms with Gasteiger partial charge < -0.3 is 0 Å². The molecule has 0 aromatic rings. The second-order valence-electron chi connectivity index (χ2n) is 8.00. The van der Waals surface area contributed by atoms with Gasteiger partial charge in [0.25, 0.3) is 0 Å². The Labute approximate surface area is 126 Å². The molecule has 2 aliphatic carbocycles. The van der Waals surface area contributed by atoms with Gasteiger partial charge in [0.15, 0.2) is 0 Å². The van der Waals surface area contributed by atoms with Crippen LogP contribution >= 0.6 is 0 Å². The smallest absolute Gasteiger partial charge is 0.0295 e. The van der Waals surface area contributed by atoms with Crippen molar-refractivity contribution >= 4 is 0 Å². The van der Waals surface area contributed by atoms with E-state index in [1.165, 1.54) is 64.2 Å². The molecule has 0 spiro atoms. The monoisotopic (exact) mass is 280 g/mol. The summed E-state index contributed by atoms with van der Waals surface area (Å²) >= 11 is 0. The van der Waals surface area contributed by atoms with Crippen LogP contribution in [0.5, 0.6) is 0 Å². The Hall–Kier alpha value is -0.0800. The fourth-order valence-electron chi connectivity index (χ4n) is 5.28. The molecule has 0 saturated heterocycles. The predicted octanol–water partition coefficient (Wildman–Crippen LogP) is 4.64. The van der Waals surface area contributed by atoms with Crippen molar-refractivity contribution in [3.8, 4) is 0 Å². The molecular formula is C18H36N2. The molecule has 1 atom stereocenters. The van der Waals surface area contributed by atoms with Gasteiger partial charge in [0.1, 0.15) is 0 Å². The van der Waals surface area contributed by atoms with Gasteiger partial charge in [-0.1, -0.05) is 52.9 Å². The molecule has 20 heavy (non-hydrogen) atoms. The maximum Gasteiger partial charge on any atom is 0.0295 e. The Morgan fingerprint density at radius 3 is 2.15 bits per heavy atom. The molecule has 0 aromatic heterocycles. The van der Waals surface area contributed by atoms with Crippen LogP contribution < -0.4 is 11.3 Å². The van der Waals surface area contributed by atoms with E-state index >= 15 is 0 Å². The average molecular weight is 280 g/mol. The molecule has 1 unspecified atom stereocenters. The Morgan fingerprint density at radius 2 is 1.70 bits per heavy atom. The highest BCUT2D eigenvalue weighted by molar-refractivity contribution is 4.98. The zero-order valence-electron chi connectivity index (χ0n) is 14.0. The normalized spacial score (nSPS) is 31.6. The molecule has 2 saturated carbocycles. The number of hydrazine groups is 1. The van der Waals surface area contributed by atoms with Crippen LogP contribution in [0, 0.1) is 23.2 Å². The lowest BCUT2D eigenvalue weighted by Gasteiger charge is -2.45. The Kier molecular flexibility index (Phi) is 5.92. The van der Waals surface area contributed by atoms with Crippen molar-refractivity contribution in [3.63, 3.8) is 0 Å². The molecule has 3 N–H and O–H groups in total. The molecule has 2 heteroatoms. The molecule has 2 nitrogen and oxygen atoms in total. The SMILES string of the molecule is CCC1CCC(C(NN)C2(CC(C)C)CCCC2)CC1. The summed E-state index contributed by atoms with van der Waals surface area (Å²) in [6, 6.07) is 0.560. The number of rotatable bonds is 6.